The first-order chi connectivity index (χ1) is 22.5. The van der Waals surface area contributed by atoms with Gasteiger partial charge in [-0.1, -0.05) is 35.9 Å². The Kier molecular flexibility index (Phi) is 8.23. The summed E-state index contributed by atoms with van der Waals surface area (Å²) in [5.41, 5.74) is 6.16. The van der Waals surface area contributed by atoms with Gasteiger partial charge in [0.05, 0.1) is 56.5 Å². The zero-order valence-electron chi connectivity index (χ0n) is 26.3. The fourth-order valence-corrected chi connectivity index (χ4v) is 6.66. The lowest BCUT2D eigenvalue weighted by molar-refractivity contribution is -0.0197. The molecule has 4 aliphatic heterocycles. The molecule has 3 aromatic rings. The third kappa shape index (κ3) is 5.52. The molecule has 10 heteroatoms. The van der Waals surface area contributed by atoms with Crippen LogP contribution in [0.3, 0.4) is 0 Å². The second kappa shape index (κ2) is 12.6. The summed E-state index contributed by atoms with van der Waals surface area (Å²) in [6.07, 6.45) is 7.18. The summed E-state index contributed by atoms with van der Waals surface area (Å²) in [6.45, 7) is 3.97. The maximum absolute atomic E-state index is 13.4. The molecule has 3 atom stereocenters. The van der Waals surface area contributed by atoms with Gasteiger partial charge in [0.15, 0.2) is 23.0 Å². The fourth-order valence-electron chi connectivity index (χ4n) is 6.66. The number of carbonyl (C=O) groups excluding carboxylic acids is 1. The summed E-state index contributed by atoms with van der Waals surface area (Å²) >= 11 is 0. The van der Waals surface area contributed by atoms with Gasteiger partial charge in [0.25, 0.3) is 5.91 Å². The number of aliphatic hydroxyl groups excluding tert-OH is 1. The molecule has 4 aliphatic rings. The summed E-state index contributed by atoms with van der Waals surface area (Å²) < 4.78 is 23.5. The first-order valence-electron chi connectivity index (χ1n) is 15.7. The molecule has 10 nitrogen and oxygen atoms in total. The Morgan fingerprint density at radius 3 is 2.26 bits per heavy atom. The highest BCUT2D eigenvalue weighted by Gasteiger charge is 2.35. The van der Waals surface area contributed by atoms with E-state index >= 15 is 0 Å². The van der Waals surface area contributed by atoms with E-state index in [9.17, 15) is 9.90 Å². The standard InChI is InChI=1S/C36H38N4O6/c1-4-22-12-25-18-37-29-16-33(31(43-2)14-27(29)35(41)39(25)20-22)45-10-7-11-46-34-17-30-28(15-32(34)44-3)36(42)40-21-24-9-6-5-8-23(24)13-26(40)19-38-30/h4-6,8-9,14-19,25-26,36,42H,7,10-13,20-21H2,1-3H3/b22-4-/t25-,26?,36?/m0/s1. The number of aliphatic imine (C=N–C) groups is 2. The number of carbonyl (C=O) groups is 1. The summed E-state index contributed by atoms with van der Waals surface area (Å²) in [6, 6.07) is 15.4. The number of amides is 1. The Balaban J connectivity index is 1.01. The van der Waals surface area contributed by atoms with Gasteiger partial charge in [-0.3, -0.25) is 19.7 Å². The van der Waals surface area contributed by atoms with Crippen LogP contribution in [0.1, 0.15) is 53.0 Å². The highest BCUT2D eigenvalue weighted by atomic mass is 16.5. The van der Waals surface area contributed by atoms with Gasteiger partial charge in [-0.2, -0.15) is 0 Å². The van der Waals surface area contributed by atoms with E-state index in [-0.39, 0.29) is 18.0 Å². The Morgan fingerprint density at radius 1 is 0.848 bits per heavy atom. The Labute approximate surface area is 268 Å². The van der Waals surface area contributed by atoms with Gasteiger partial charge < -0.3 is 29.0 Å². The molecule has 0 aliphatic carbocycles. The van der Waals surface area contributed by atoms with Crippen LogP contribution >= 0.6 is 0 Å². The summed E-state index contributed by atoms with van der Waals surface area (Å²) in [4.78, 5) is 26.7. The molecule has 0 saturated carbocycles. The molecule has 238 valence electrons. The lowest BCUT2D eigenvalue weighted by Crippen LogP contribution is -2.42. The van der Waals surface area contributed by atoms with Crippen LogP contribution in [0.2, 0.25) is 0 Å². The number of fused-ring (bicyclic) bond motifs is 5. The van der Waals surface area contributed by atoms with E-state index in [2.05, 4.69) is 34.2 Å². The van der Waals surface area contributed by atoms with Crippen molar-refractivity contribution in [3.8, 4) is 23.0 Å². The van der Waals surface area contributed by atoms with Crippen molar-refractivity contribution in [2.75, 3.05) is 34.0 Å². The van der Waals surface area contributed by atoms with Gasteiger partial charge in [0.2, 0.25) is 0 Å². The molecule has 0 bridgehead atoms. The number of aliphatic hydroxyl groups is 1. The molecular formula is C36H38N4O6. The smallest absolute Gasteiger partial charge is 0.257 e. The average Bonchev–Trinajstić information content (AvgIpc) is 3.40. The summed E-state index contributed by atoms with van der Waals surface area (Å²) in [7, 11) is 3.15. The number of benzene rings is 3. The van der Waals surface area contributed by atoms with Crippen molar-refractivity contribution in [2.45, 2.75) is 51.0 Å². The zero-order chi connectivity index (χ0) is 31.8. The van der Waals surface area contributed by atoms with Crippen molar-refractivity contribution in [3.63, 3.8) is 0 Å². The van der Waals surface area contributed by atoms with Crippen LogP contribution < -0.4 is 18.9 Å². The Hall–Kier alpha value is -4.67. The highest BCUT2D eigenvalue weighted by molar-refractivity contribution is 6.04. The molecule has 1 amide bonds. The molecule has 1 saturated heterocycles. The van der Waals surface area contributed by atoms with Crippen molar-refractivity contribution in [2.24, 2.45) is 9.98 Å². The van der Waals surface area contributed by atoms with Crippen LogP contribution in [0.5, 0.6) is 23.0 Å². The van der Waals surface area contributed by atoms with Gasteiger partial charge in [-0.25, -0.2) is 0 Å². The van der Waals surface area contributed by atoms with Crippen LogP contribution in [-0.2, 0) is 13.0 Å². The molecule has 2 unspecified atom stereocenters. The summed E-state index contributed by atoms with van der Waals surface area (Å²) in [5, 5.41) is 11.4. The van der Waals surface area contributed by atoms with Crippen molar-refractivity contribution in [1.82, 2.24) is 9.80 Å². The molecule has 1 fully saturated rings. The quantitative estimate of drug-likeness (QED) is 0.259. The van der Waals surface area contributed by atoms with Crippen molar-refractivity contribution >= 4 is 29.7 Å². The second-order valence-electron chi connectivity index (χ2n) is 11.9. The minimum absolute atomic E-state index is 0.0122. The van der Waals surface area contributed by atoms with Crippen LogP contribution in [0.4, 0.5) is 11.4 Å². The molecule has 3 aromatic carbocycles. The van der Waals surface area contributed by atoms with Crippen LogP contribution in [0, 0.1) is 0 Å². The molecule has 7 rings (SSSR count). The third-order valence-electron chi connectivity index (χ3n) is 9.23. The number of ether oxygens (including phenoxy) is 4. The Morgan fingerprint density at radius 2 is 1.52 bits per heavy atom. The van der Waals surface area contributed by atoms with Gasteiger partial charge in [-0.15, -0.1) is 0 Å². The highest BCUT2D eigenvalue weighted by Crippen LogP contribution is 2.43. The molecule has 4 heterocycles. The molecule has 0 spiro atoms. The van der Waals surface area contributed by atoms with E-state index in [1.807, 2.05) is 42.5 Å². The number of allylic oxidation sites excluding steroid dienone is 1. The first kappa shape index (κ1) is 30.0. The number of hydrogen-bond acceptors (Lipinski definition) is 9. The largest absolute Gasteiger partial charge is 0.493 e. The predicted molar refractivity (Wildman–Crippen MR) is 176 cm³/mol. The lowest BCUT2D eigenvalue weighted by Gasteiger charge is -2.37. The summed E-state index contributed by atoms with van der Waals surface area (Å²) in [5.74, 6) is 2.02. The van der Waals surface area contributed by atoms with E-state index < -0.39 is 6.23 Å². The monoisotopic (exact) mass is 622 g/mol. The molecule has 46 heavy (non-hydrogen) atoms. The van der Waals surface area contributed by atoms with Crippen molar-refractivity contribution in [1.29, 1.82) is 0 Å². The van der Waals surface area contributed by atoms with Crippen molar-refractivity contribution in [3.05, 3.63) is 82.4 Å². The normalized spacial score (nSPS) is 22.3. The van der Waals surface area contributed by atoms with Gasteiger partial charge in [0, 0.05) is 49.6 Å². The predicted octanol–water partition coefficient (Wildman–Crippen LogP) is 5.56. The van der Waals surface area contributed by atoms with E-state index in [1.165, 1.54) is 16.7 Å². The topological polar surface area (TPSA) is 105 Å². The lowest BCUT2D eigenvalue weighted by atomic mass is 9.94. The minimum atomic E-state index is -0.829. The molecule has 0 aromatic heterocycles. The first-order valence-corrected chi connectivity index (χ1v) is 15.7. The molecule has 0 radical (unpaired) electrons. The molecule has 1 N–H and O–H groups in total. The average molecular weight is 623 g/mol. The maximum Gasteiger partial charge on any atom is 0.257 e. The van der Waals surface area contributed by atoms with Crippen LogP contribution in [-0.4, -0.2) is 79.3 Å². The minimum Gasteiger partial charge on any atom is -0.493 e. The van der Waals surface area contributed by atoms with Gasteiger partial charge >= 0.3 is 0 Å². The number of rotatable bonds is 8. The van der Waals surface area contributed by atoms with E-state index in [0.717, 1.165) is 12.8 Å². The van der Waals surface area contributed by atoms with Crippen molar-refractivity contribution < 1.29 is 28.8 Å². The van der Waals surface area contributed by atoms with Gasteiger partial charge in [0.1, 0.15) is 6.23 Å². The number of methoxy groups -OCH3 is 2. The SMILES string of the molecule is C/C=C1/C[C@H]2C=Nc3cc(OCCCOc4cc5c(cc4OC)C(O)N4Cc6ccccc6CC4C=N5)c(OC)cc3C(=O)N2C1. The van der Waals surface area contributed by atoms with Gasteiger partial charge in [-0.05, 0) is 43.0 Å². The van der Waals surface area contributed by atoms with E-state index in [4.69, 9.17) is 23.9 Å². The fraction of sp³-hybridized carbons (Fsp3) is 0.361. The second-order valence-corrected chi connectivity index (χ2v) is 11.9. The van der Waals surface area contributed by atoms with E-state index in [0.29, 0.717) is 78.2 Å². The number of hydrogen-bond donors (Lipinski definition) is 1. The third-order valence-corrected chi connectivity index (χ3v) is 9.23. The van der Waals surface area contributed by atoms with Crippen LogP contribution in [0.25, 0.3) is 0 Å². The molecular weight excluding hydrogens is 584 g/mol. The maximum atomic E-state index is 13.4. The number of nitrogens with zero attached hydrogens (tertiary/aromatic N) is 4. The van der Waals surface area contributed by atoms with E-state index in [1.54, 1.807) is 26.4 Å². The zero-order valence-corrected chi connectivity index (χ0v) is 26.3. The van der Waals surface area contributed by atoms with Crippen LogP contribution in [0.15, 0.2) is 70.2 Å². The Bertz CT molecular complexity index is 1750.